The lowest BCUT2D eigenvalue weighted by Gasteiger charge is -2.41. The van der Waals surface area contributed by atoms with Crippen molar-refractivity contribution in [2.75, 3.05) is 39.4 Å². The molecule has 0 aromatic heterocycles. The van der Waals surface area contributed by atoms with Gasteiger partial charge in [0.2, 0.25) is 5.91 Å². The molecule has 0 spiro atoms. The lowest BCUT2D eigenvalue weighted by molar-refractivity contribution is -0.142. The van der Waals surface area contributed by atoms with Crippen LogP contribution >= 0.6 is 24.8 Å². The summed E-state index contributed by atoms with van der Waals surface area (Å²) in [6.45, 7) is 3.75. The van der Waals surface area contributed by atoms with Crippen LogP contribution in [0.5, 0.6) is 0 Å². The van der Waals surface area contributed by atoms with Crippen LogP contribution in [0.3, 0.4) is 0 Å². The maximum Gasteiger partial charge on any atom is 0.416 e. The van der Waals surface area contributed by atoms with E-state index in [4.69, 9.17) is 10.5 Å². The quantitative estimate of drug-likeness (QED) is 0.779. The SMILES string of the molecule is Cl.Cl.NC1(C(=O)N2CCN(Cc3cccc(C(F)(F)F)c3)CC2)CCOCC1. The molecule has 2 N–H and O–H groups in total. The minimum atomic E-state index is -4.33. The molecule has 0 radical (unpaired) electrons. The number of alkyl halides is 3. The number of amides is 1. The van der Waals surface area contributed by atoms with Crippen LogP contribution in [-0.2, 0) is 22.3 Å². The third-order valence-corrected chi connectivity index (χ3v) is 5.13. The first-order valence-electron chi connectivity index (χ1n) is 8.82. The maximum atomic E-state index is 12.8. The molecule has 2 aliphatic rings. The van der Waals surface area contributed by atoms with E-state index in [0.29, 0.717) is 64.3 Å². The van der Waals surface area contributed by atoms with E-state index in [1.54, 1.807) is 11.0 Å². The van der Waals surface area contributed by atoms with E-state index in [9.17, 15) is 18.0 Å². The summed E-state index contributed by atoms with van der Waals surface area (Å²) in [7, 11) is 0. The van der Waals surface area contributed by atoms with Gasteiger partial charge in [0.15, 0.2) is 0 Å². The highest BCUT2D eigenvalue weighted by atomic mass is 35.5. The van der Waals surface area contributed by atoms with Gasteiger partial charge in [-0.3, -0.25) is 9.69 Å². The van der Waals surface area contributed by atoms with Crippen molar-refractivity contribution in [2.24, 2.45) is 5.73 Å². The predicted octanol–water partition coefficient (Wildman–Crippen LogP) is 2.70. The van der Waals surface area contributed by atoms with Crippen LogP contribution in [0.15, 0.2) is 24.3 Å². The number of carbonyl (C=O) groups excluding carboxylic acids is 1. The fourth-order valence-electron chi connectivity index (χ4n) is 3.48. The molecule has 2 aliphatic heterocycles. The second kappa shape index (κ2) is 10.1. The maximum absolute atomic E-state index is 12.8. The molecule has 10 heteroatoms. The summed E-state index contributed by atoms with van der Waals surface area (Å²) in [5.74, 6) is -0.0421. The second-order valence-corrected chi connectivity index (χ2v) is 7.03. The first-order valence-corrected chi connectivity index (χ1v) is 8.82. The average Bonchev–Trinajstić information content (AvgIpc) is 2.62. The number of rotatable bonds is 3. The zero-order valence-corrected chi connectivity index (χ0v) is 17.0. The molecule has 1 aromatic rings. The number of piperazine rings is 1. The second-order valence-electron chi connectivity index (χ2n) is 7.03. The highest BCUT2D eigenvalue weighted by Crippen LogP contribution is 2.30. The van der Waals surface area contributed by atoms with Gasteiger partial charge in [0.05, 0.1) is 11.1 Å². The van der Waals surface area contributed by atoms with Crippen molar-refractivity contribution < 1.29 is 22.7 Å². The van der Waals surface area contributed by atoms with Gasteiger partial charge in [-0.25, -0.2) is 0 Å². The third kappa shape index (κ3) is 5.97. The van der Waals surface area contributed by atoms with Gasteiger partial charge in [-0.05, 0) is 24.5 Å². The van der Waals surface area contributed by atoms with Gasteiger partial charge in [0, 0.05) is 45.9 Å². The molecule has 0 atom stereocenters. The zero-order valence-electron chi connectivity index (χ0n) is 15.4. The Balaban J connectivity index is 0.00000196. The van der Waals surface area contributed by atoms with E-state index < -0.39 is 17.3 Å². The van der Waals surface area contributed by atoms with Crippen LogP contribution in [0.1, 0.15) is 24.0 Å². The summed E-state index contributed by atoms with van der Waals surface area (Å²) in [6, 6.07) is 5.40. The normalized spacial score (nSPS) is 20.1. The van der Waals surface area contributed by atoms with E-state index in [1.807, 2.05) is 0 Å². The van der Waals surface area contributed by atoms with Crippen LogP contribution in [0.2, 0.25) is 0 Å². The molecule has 1 aromatic carbocycles. The molecular formula is C18H26Cl2F3N3O2. The molecule has 160 valence electrons. The number of hydrogen-bond donors (Lipinski definition) is 1. The number of ether oxygens (including phenoxy) is 1. The highest BCUT2D eigenvalue weighted by molar-refractivity contribution is 5.86. The fourth-order valence-corrected chi connectivity index (χ4v) is 3.48. The van der Waals surface area contributed by atoms with Crippen molar-refractivity contribution >= 4 is 30.7 Å². The smallest absolute Gasteiger partial charge is 0.381 e. The van der Waals surface area contributed by atoms with Crippen LogP contribution < -0.4 is 5.73 Å². The first kappa shape index (κ1) is 25.0. The molecule has 0 saturated carbocycles. The summed E-state index contributed by atoms with van der Waals surface area (Å²) in [6.07, 6.45) is -3.28. The van der Waals surface area contributed by atoms with Crippen LogP contribution in [0, 0.1) is 0 Å². The highest BCUT2D eigenvalue weighted by Gasteiger charge is 2.39. The minimum absolute atomic E-state index is 0. The Labute approximate surface area is 175 Å². The molecule has 0 unspecified atom stereocenters. The Morgan fingerprint density at radius 1 is 1.11 bits per heavy atom. The van der Waals surface area contributed by atoms with E-state index in [-0.39, 0.29) is 30.7 Å². The van der Waals surface area contributed by atoms with E-state index >= 15 is 0 Å². The average molecular weight is 444 g/mol. The number of hydrogen-bond acceptors (Lipinski definition) is 4. The molecule has 3 rings (SSSR count). The summed E-state index contributed by atoms with van der Waals surface area (Å²) in [4.78, 5) is 16.5. The Bertz CT molecular complexity index is 647. The first-order chi connectivity index (χ1) is 12.3. The summed E-state index contributed by atoms with van der Waals surface area (Å²) in [5, 5.41) is 0. The lowest BCUT2D eigenvalue weighted by Crippen LogP contribution is -2.61. The molecule has 2 heterocycles. The molecule has 5 nitrogen and oxygen atoms in total. The number of nitrogens with two attached hydrogens (primary N) is 1. The molecular weight excluding hydrogens is 418 g/mol. The van der Waals surface area contributed by atoms with Crippen molar-refractivity contribution in [3.05, 3.63) is 35.4 Å². The molecule has 1 amide bonds. The number of benzene rings is 1. The molecule has 0 bridgehead atoms. The summed E-state index contributed by atoms with van der Waals surface area (Å²) >= 11 is 0. The monoisotopic (exact) mass is 443 g/mol. The van der Waals surface area contributed by atoms with Gasteiger partial charge in [-0.2, -0.15) is 13.2 Å². The van der Waals surface area contributed by atoms with Gasteiger partial charge < -0.3 is 15.4 Å². The Morgan fingerprint density at radius 3 is 2.29 bits per heavy atom. The zero-order chi connectivity index (χ0) is 18.8. The van der Waals surface area contributed by atoms with Crippen LogP contribution in [0.25, 0.3) is 0 Å². The Kier molecular flexibility index (Phi) is 9.02. The number of carbonyl (C=O) groups is 1. The molecule has 2 saturated heterocycles. The van der Waals surface area contributed by atoms with E-state index in [2.05, 4.69) is 4.90 Å². The van der Waals surface area contributed by atoms with Gasteiger partial charge in [-0.15, -0.1) is 24.8 Å². The topological polar surface area (TPSA) is 58.8 Å². The van der Waals surface area contributed by atoms with Gasteiger partial charge >= 0.3 is 6.18 Å². The van der Waals surface area contributed by atoms with Crippen LogP contribution in [-0.4, -0.2) is 60.6 Å². The summed E-state index contributed by atoms with van der Waals surface area (Å²) in [5.41, 5.74) is 5.41. The third-order valence-electron chi connectivity index (χ3n) is 5.13. The van der Waals surface area contributed by atoms with Gasteiger partial charge in [-0.1, -0.05) is 18.2 Å². The van der Waals surface area contributed by atoms with Crippen molar-refractivity contribution in [1.82, 2.24) is 9.80 Å². The van der Waals surface area contributed by atoms with E-state index in [1.165, 1.54) is 12.1 Å². The van der Waals surface area contributed by atoms with Gasteiger partial charge in [0.1, 0.15) is 0 Å². The van der Waals surface area contributed by atoms with Crippen molar-refractivity contribution in [1.29, 1.82) is 0 Å². The lowest BCUT2D eigenvalue weighted by atomic mass is 9.89. The number of nitrogens with zero attached hydrogens (tertiary/aromatic N) is 2. The largest absolute Gasteiger partial charge is 0.416 e. The van der Waals surface area contributed by atoms with Crippen molar-refractivity contribution in [3.63, 3.8) is 0 Å². The van der Waals surface area contributed by atoms with Crippen molar-refractivity contribution in [2.45, 2.75) is 31.1 Å². The number of halogens is 5. The molecule has 2 fully saturated rings. The Morgan fingerprint density at radius 2 is 1.71 bits per heavy atom. The Hall–Kier alpha value is -1.06. The van der Waals surface area contributed by atoms with E-state index in [0.717, 1.165) is 6.07 Å². The fraction of sp³-hybridized carbons (Fsp3) is 0.611. The minimum Gasteiger partial charge on any atom is -0.381 e. The summed E-state index contributed by atoms with van der Waals surface area (Å²) < 4.78 is 43.7. The predicted molar refractivity (Wildman–Crippen MR) is 105 cm³/mol. The molecule has 0 aliphatic carbocycles. The van der Waals surface area contributed by atoms with Gasteiger partial charge in [0.25, 0.3) is 0 Å². The van der Waals surface area contributed by atoms with Crippen molar-refractivity contribution in [3.8, 4) is 0 Å². The molecule has 28 heavy (non-hydrogen) atoms. The standard InChI is InChI=1S/C18H24F3N3O2.2ClH/c19-18(20,21)15-3-1-2-14(12-15)13-23-6-8-24(9-7-23)16(25)17(22)4-10-26-11-5-17;;/h1-3,12H,4-11,13,22H2;2*1H. The van der Waals surface area contributed by atoms with Crippen LogP contribution in [0.4, 0.5) is 13.2 Å².